The van der Waals surface area contributed by atoms with E-state index in [1.807, 2.05) is 0 Å². The topological polar surface area (TPSA) is 12.0 Å². The maximum atomic E-state index is 3.48. The van der Waals surface area contributed by atoms with Crippen LogP contribution in [0.2, 0.25) is 0 Å². The molecule has 0 radical (unpaired) electrons. The lowest BCUT2D eigenvalue weighted by Gasteiger charge is -2.14. The van der Waals surface area contributed by atoms with Crippen molar-refractivity contribution in [2.75, 3.05) is 18.1 Å². The Labute approximate surface area is 88.1 Å². The molecule has 13 heavy (non-hydrogen) atoms. The van der Waals surface area contributed by atoms with Gasteiger partial charge < -0.3 is 5.32 Å². The fourth-order valence-corrected chi connectivity index (χ4v) is 1.88. The molecule has 1 nitrogen and oxygen atoms in total. The van der Waals surface area contributed by atoms with E-state index in [0.717, 1.165) is 5.92 Å². The zero-order valence-electron chi connectivity index (χ0n) is 9.60. The van der Waals surface area contributed by atoms with E-state index in [-0.39, 0.29) is 0 Å². The van der Waals surface area contributed by atoms with Crippen LogP contribution >= 0.6 is 11.8 Å². The third-order valence-corrected chi connectivity index (χ3v) is 3.05. The molecule has 2 heteroatoms. The summed E-state index contributed by atoms with van der Waals surface area (Å²) in [5, 5.41) is 3.48. The van der Waals surface area contributed by atoms with E-state index in [0.29, 0.717) is 6.04 Å². The second-order valence-electron chi connectivity index (χ2n) is 4.01. The Hall–Kier alpha value is 0.310. The first kappa shape index (κ1) is 13.3. The maximum absolute atomic E-state index is 3.48. The lowest BCUT2D eigenvalue weighted by molar-refractivity contribution is 0.451. The quantitative estimate of drug-likeness (QED) is 0.608. The van der Waals surface area contributed by atoms with Crippen LogP contribution in [-0.4, -0.2) is 24.1 Å². The SMILES string of the molecule is CCSCCCC(C)CNC(C)C. The summed E-state index contributed by atoms with van der Waals surface area (Å²) in [6.45, 7) is 10.2. The lowest BCUT2D eigenvalue weighted by Crippen LogP contribution is -2.27. The van der Waals surface area contributed by atoms with Crippen LogP contribution in [0.4, 0.5) is 0 Å². The lowest BCUT2D eigenvalue weighted by atomic mass is 10.1. The van der Waals surface area contributed by atoms with Crippen LogP contribution in [0, 0.1) is 5.92 Å². The highest BCUT2D eigenvalue weighted by Gasteiger charge is 2.02. The summed E-state index contributed by atoms with van der Waals surface area (Å²) in [5.74, 6) is 3.43. The Balaban J connectivity index is 3.15. The highest BCUT2D eigenvalue weighted by atomic mass is 32.2. The van der Waals surface area contributed by atoms with Gasteiger partial charge in [0, 0.05) is 6.04 Å². The largest absolute Gasteiger partial charge is 0.314 e. The van der Waals surface area contributed by atoms with Gasteiger partial charge in [-0.15, -0.1) is 0 Å². The minimum Gasteiger partial charge on any atom is -0.314 e. The van der Waals surface area contributed by atoms with E-state index in [2.05, 4.69) is 44.8 Å². The van der Waals surface area contributed by atoms with Crippen LogP contribution in [0.15, 0.2) is 0 Å². The first-order chi connectivity index (χ1) is 6.16. The molecule has 0 aliphatic rings. The minimum absolute atomic E-state index is 0.632. The average Bonchev–Trinajstić information content (AvgIpc) is 2.09. The van der Waals surface area contributed by atoms with Crippen molar-refractivity contribution in [1.82, 2.24) is 5.32 Å². The molecule has 1 N–H and O–H groups in total. The molecule has 1 atom stereocenters. The van der Waals surface area contributed by atoms with E-state index in [1.165, 1.54) is 30.9 Å². The molecule has 0 saturated carbocycles. The van der Waals surface area contributed by atoms with Gasteiger partial charge in [0.25, 0.3) is 0 Å². The third-order valence-electron chi connectivity index (χ3n) is 2.06. The fourth-order valence-electron chi connectivity index (χ4n) is 1.22. The Morgan fingerprint density at radius 3 is 2.46 bits per heavy atom. The summed E-state index contributed by atoms with van der Waals surface area (Å²) in [4.78, 5) is 0. The van der Waals surface area contributed by atoms with Gasteiger partial charge in [0.15, 0.2) is 0 Å². The predicted octanol–water partition coefficient (Wildman–Crippen LogP) is 3.15. The molecule has 0 aromatic carbocycles. The van der Waals surface area contributed by atoms with Crippen molar-refractivity contribution in [2.24, 2.45) is 5.92 Å². The summed E-state index contributed by atoms with van der Waals surface area (Å²) < 4.78 is 0. The minimum atomic E-state index is 0.632. The van der Waals surface area contributed by atoms with Crippen molar-refractivity contribution >= 4 is 11.8 Å². The van der Waals surface area contributed by atoms with Gasteiger partial charge in [-0.3, -0.25) is 0 Å². The molecule has 0 aromatic heterocycles. The molecule has 0 amide bonds. The summed E-state index contributed by atoms with van der Waals surface area (Å²) >= 11 is 2.05. The van der Waals surface area contributed by atoms with Crippen molar-refractivity contribution in [3.8, 4) is 0 Å². The number of hydrogen-bond donors (Lipinski definition) is 1. The zero-order valence-corrected chi connectivity index (χ0v) is 10.4. The van der Waals surface area contributed by atoms with Crippen LogP contribution in [0.3, 0.4) is 0 Å². The molecule has 1 unspecified atom stereocenters. The van der Waals surface area contributed by atoms with E-state index in [4.69, 9.17) is 0 Å². The van der Waals surface area contributed by atoms with Crippen LogP contribution in [0.1, 0.15) is 40.5 Å². The summed E-state index contributed by atoms with van der Waals surface area (Å²) in [6.07, 6.45) is 2.74. The van der Waals surface area contributed by atoms with E-state index < -0.39 is 0 Å². The number of thioether (sulfide) groups is 1. The first-order valence-corrected chi connectivity index (χ1v) is 6.63. The molecule has 0 aromatic rings. The van der Waals surface area contributed by atoms with Crippen molar-refractivity contribution in [2.45, 2.75) is 46.6 Å². The van der Waals surface area contributed by atoms with Crippen molar-refractivity contribution in [3.05, 3.63) is 0 Å². The molecule has 0 heterocycles. The Morgan fingerprint density at radius 2 is 1.92 bits per heavy atom. The van der Waals surface area contributed by atoms with Gasteiger partial charge in [-0.2, -0.15) is 11.8 Å². The third kappa shape index (κ3) is 10.2. The summed E-state index contributed by atoms with van der Waals surface area (Å²) in [5.41, 5.74) is 0. The molecule has 0 bridgehead atoms. The van der Waals surface area contributed by atoms with Gasteiger partial charge in [-0.05, 0) is 36.8 Å². The standard InChI is InChI=1S/C11H25NS/c1-5-13-8-6-7-11(4)9-12-10(2)3/h10-12H,5-9H2,1-4H3. The normalized spacial score (nSPS) is 13.6. The molecule has 0 rings (SSSR count). The Kier molecular flexibility index (Phi) is 9.10. The molecule has 80 valence electrons. The van der Waals surface area contributed by atoms with Gasteiger partial charge in [0.2, 0.25) is 0 Å². The Bertz CT molecular complexity index is 104. The van der Waals surface area contributed by atoms with Gasteiger partial charge in [0.1, 0.15) is 0 Å². The zero-order chi connectivity index (χ0) is 10.1. The highest BCUT2D eigenvalue weighted by molar-refractivity contribution is 7.99. The van der Waals surface area contributed by atoms with Crippen molar-refractivity contribution in [1.29, 1.82) is 0 Å². The molecule has 0 aliphatic heterocycles. The van der Waals surface area contributed by atoms with Crippen molar-refractivity contribution < 1.29 is 0 Å². The first-order valence-electron chi connectivity index (χ1n) is 5.48. The van der Waals surface area contributed by atoms with E-state index in [1.54, 1.807) is 0 Å². The van der Waals surface area contributed by atoms with Crippen molar-refractivity contribution in [3.63, 3.8) is 0 Å². The molecular formula is C11H25NS. The van der Waals surface area contributed by atoms with Crippen LogP contribution in [0.5, 0.6) is 0 Å². The fraction of sp³-hybridized carbons (Fsp3) is 1.00. The molecular weight excluding hydrogens is 178 g/mol. The highest BCUT2D eigenvalue weighted by Crippen LogP contribution is 2.09. The Morgan fingerprint density at radius 1 is 1.23 bits per heavy atom. The predicted molar refractivity (Wildman–Crippen MR) is 64.5 cm³/mol. The molecule has 0 spiro atoms. The monoisotopic (exact) mass is 203 g/mol. The average molecular weight is 203 g/mol. The smallest absolute Gasteiger partial charge is 0.00104 e. The van der Waals surface area contributed by atoms with Crippen LogP contribution in [-0.2, 0) is 0 Å². The van der Waals surface area contributed by atoms with Crippen LogP contribution < -0.4 is 5.32 Å². The molecule has 0 fully saturated rings. The van der Waals surface area contributed by atoms with E-state index in [9.17, 15) is 0 Å². The summed E-state index contributed by atoms with van der Waals surface area (Å²) in [6, 6.07) is 0.632. The molecule has 0 saturated heterocycles. The van der Waals surface area contributed by atoms with Gasteiger partial charge in [-0.25, -0.2) is 0 Å². The number of hydrogen-bond acceptors (Lipinski definition) is 2. The number of rotatable bonds is 8. The van der Waals surface area contributed by atoms with Gasteiger partial charge in [-0.1, -0.05) is 27.7 Å². The van der Waals surface area contributed by atoms with Crippen LogP contribution in [0.25, 0.3) is 0 Å². The summed E-state index contributed by atoms with van der Waals surface area (Å²) in [7, 11) is 0. The van der Waals surface area contributed by atoms with Gasteiger partial charge >= 0.3 is 0 Å². The van der Waals surface area contributed by atoms with Gasteiger partial charge in [0.05, 0.1) is 0 Å². The second-order valence-corrected chi connectivity index (χ2v) is 5.40. The second kappa shape index (κ2) is 8.89. The maximum Gasteiger partial charge on any atom is 0.00104 e. The number of nitrogens with one attached hydrogen (secondary N) is 1. The molecule has 0 aliphatic carbocycles. The van der Waals surface area contributed by atoms with E-state index >= 15 is 0 Å².